The minimum Gasteiger partial charge on any atom is -0.507 e. The Morgan fingerprint density at radius 3 is 2.16 bits per heavy atom. The van der Waals surface area contributed by atoms with Crippen LogP contribution in [0.1, 0.15) is 29.7 Å². The molecule has 3 aromatic carbocycles. The van der Waals surface area contributed by atoms with E-state index < -0.39 is 29.5 Å². The van der Waals surface area contributed by atoms with Gasteiger partial charge in [-0.15, -0.1) is 0 Å². The summed E-state index contributed by atoms with van der Waals surface area (Å²) >= 11 is 0. The van der Waals surface area contributed by atoms with Crippen molar-refractivity contribution in [3.05, 3.63) is 89.0 Å². The van der Waals surface area contributed by atoms with Crippen LogP contribution in [-0.2, 0) is 14.4 Å². The summed E-state index contributed by atoms with van der Waals surface area (Å²) in [5.74, 6) is -1.68. The van der Waals surface area contributed by atoms with Gasteiger partial charge in [0.2, 0.25) is 0 Å². The number of benzene rings is 3. The van der Waals surface area contributed by atoms with Gasteiger partial charge in [0.25, 0.3) is 11.7 Å². The van der Waals surface area contributed by atoms with Gasteiger partial charge in [0.05, 0.1) is 43.0 Å². The van der Waals surface area contributed by atoms with Gasteiger partial charge in [-0.1, -0.05) is 12.1 Å². The monoisotopic (exact) mass is 498 g/mol. The molecular formula is C28H22N2O7. The van der Waals surface area contributed by atoms with Crippen molar-refractivity contribution >= 4 is 29.1 Å². The van der Waals surface area contributed by atoms with E-state index in [2.05, 4.69) is 0 Å². The molecule has 0 aliphatic carbocycles. The highest BCUT2D eigenvalue weighted by Crippen LogP contribution is 2.44. The number of aliphatic hydroxyl groups excluding tert-OH is 1. The van der Waals surface area contributed by atoms with E-state index in [9.17, 15) is 19.5 Å². The lowest BCUT2D eigenvalue weighted by Gasteiger charge is -2.25. The standard InChI is InChI=1S/C28H22N2O7/c1-16(31)37-20-10-6-18(7-11-20)25-24(26(32)22-13-12-21(35-2)14-23(22)36-3)27(33)28(34)30(25)19-8-4-17(15-29)5-9-19/h4-14,25,32H,1-3H3/b26-24-. The second-order valence-corrected chi connectivity index (χ2v) is 8.06. The molecule has 9 nitrogen and oxygen atoms in total. The van der Waals surface area contributed by atoms with Crippen molar-refractivity contribution in [3.63, 3.8) is 0 Å². The summed E-state index contributed by atoms with van der Waals surface area (Å²) in [7, 11) is 2.89. The third kappa shape index (κ3) is 4.73. The van der Waals surface area contributed by atoms with Gasteiger partial charge in [-0.3, -0.25) is 19.3 Å². The highest BCUT2D eigenvalue weighted by Gasteiger charge is 2.47. The number of nitriles is 1. The van der Waals surface area contributed by atoms with Gasteiger partial charge in [-0.25, -0.2) is 0 Å². The van der Waals surface area contributed by atoms with Crippen molar-refractivity contribution < 1.29 is 33.7 Å². The number of amides is 1. The Balaban J connectivity index is 1.92. The van der Waals surface area contributed by atoms with Crippen molar-refractivity contribution in [2.24, 2.45) is 0 Å². The van der Waals surface area contributed by atoms with Crippen molar-refractivity contribution in [1.82, 2.24) is 0 Å². The second kappa shape index (κ2) is 10.3. The minimum absolute atomic E-state index is 0.155. The van der Waals surface area contributed by atoms with Crippen LogP contribution in [0, 0.1) is 11.3 Å². The lowest BCUT2D eigenvalue weighted by atomic mass is 9.94. The van der Waals surface area contributed by atoms with E-state index in [1.54, 1.807) is 36.4 Å². The van der Waals surface area contributed by atoms with Crippen LogP contribution in [0.25, 0.3) is 5.76 Å². The quantitative estimate of drug-likeness (QED) is 0.177. The summed E-state index contributed by atoms with van der Waals surface area (Å²) in [5.41, 5.74) is 1.26. The first-order valence-electron chi connectivity index (χ1n) is 11.1. The number of anilines is 1. The van der Waals surface area contributed by atoms with Gasteiger partial charge < -0.3 is 19.3 Å². The zero-order valence-corrected chi connectivity index (χ0v) is 20.2. The maximum Gasteiger partial charge on any atom is 0.308 e. The first kappa shape index (κ1) is 25.0. The Bertz CT molecular complexity index is 1450. The van der Waals surface area contributed by atoms with E-state index >= 15 is 0 Å². The highest BCUT2D eigenvalue weighted by molar-refractivity contribution is 6.51. The van der Waals surface area contributed by atoms with Gasteiger partial charge in [-0.05, 0) is 54.1 Å². The molecule has 0 bridgehead atoms. The van der Waals surface area contributed by atoms with E-state index in [1.165, 1.54) is 56.4 Å². The van der Waals surface area contributed by atoms with Gasteiger partial charge in [-0.2, -0.15) is 5.26 Å². The number of esters is 1. The summed E-state index contributed by atoms with van der Waals surface area (Å²) in [4.78, 5) is 39.2. The molecule has 0 aromatic heterocycles. The van der Waals surface area contributed by atoms with E-state index in [-0.39, 0.29) is 22.6 Å². The molecule has 1 N–H and O–H groups in total. The fraction of sp³-hybridized carbons (Fsp3) is 0.143. The molecule has 0 saturated carbocycles. The number of rotatable bonds is 6. The number of hydrogen-bond acceptors (Lipinski definition) is 8. The summed E-state index contributed by atoms with van der Waals surface area (Å²) in [6.45, 7) is 1.27. The van der Waals surface area contributed by atoms with Crippen LogP contribution < -0.4 is 19.1 Å². The van der Waals surface area contributed by atoms with E-state index in [1.807, 2.05) is 6.07 Å². The normalized spacial score (nSPS) is 16.3. The topological polar surface area (TPSA) is 126 Å². The predicted molar refractivity (Wildman–Crippen MR) is 133 cm³/mol. The molecule has 186 valence electrons. The zero-order valence-electron chi connectivity index (χ0n) is 20.2. The molecule has 1 amide bonds. The molecule has 1 fully saturated rings. The lowest BCUT2D eigenvalue weighted by molar-refractivity contribution is -0.132. The average molecular weight is 498 g/mol. The van der Waals surface area contributed by atoms with Gasteiger partial charge >= 0.3 is 5.97 Å². The number of ether oxygens (including phenoxy) is 3. The third-order valence-electron chi connectivity index (χ3n) is 5.84. The van der Waals surface area contributed by atoms with Gasteiger partial charge in [0.15, 0.2) is 0 Å². The van der Waals surface area contributed by atoms with E-state index in [0.717, 1.165) is 0 Å². The molecular weight excluding hydrogens is 476 g/mol. The number of nitrogens with zero attached hydrogens (tertiary/aromatic N) is 2. The molecule has 3 aromatic rings. The molecule has 1 heterocycles. The number of ketones is 1. The maximum absolute atomic E-state index is 13.3. The summed E-state index contributed by atoms with van der Waals surface area (Å²) < 4.78 is 15.7. The number of hydrogen-bond donors (Lipinski definition) is 1. The highest BCUT2D eigenvalue weighted by atomic mass is 16.5. The largest absolute Gasteiger partial charge is 0.507 e. The minimum atomic E-state index is -1.02. The first-order valence-corrected chi connectivity index (χ1v) is 11.1. The van der Waals surface area contributed by atoms with Gasteiger partial charge in [0, 0.05) is 18.7 Å². The van der Waals surface area contributed by atoms with Gasteiger partial charge in [0.1, 0.15) is 23.0 Å². The predicted octanol–water partition coefficient (Wildman–Crippen LogP) is 4.13. The summed E-state index contributed by atoms with van der Waals surface area (Å²) in [6, 6.07) is 18.1. The van der Waals surface area contributed by atoms with Crippen LogP contribution in [-0.4, -0.2) is 37.0 Å². The number of aliphatic hydroxyl groups is 1. The fourth-order valence-corrected chi connectivity index (χ4v) is 4.13. The average Bonchev–Trinajstić information content (AvgIpc) is 3.18. The SMILES string of the molecule is COc1ccc(/C(O)=C2/C(=O)C(=O)N(c3ccc(C#N)cc3)C2c2ccc(OC(C)=O)cc2)c(OC)c1. The third-order valence-corrected chi connectivity index (χ3v) is 5.84. The van der Waals surface area contributed by atoms with Crippen molar-refractivity contribution in [3.8, 4) is 23.3 Å². The molecule has 1 aliphatic rings. The van der Waals surface area contributed by atoms with Crippen LogP contribution in [0.15, 0.2) is 72.3 Å². The summed E-state index contributed by atoms with van der Waals surface area (Å²) in [5, 5.41) is 20.5. The Morgan fingerprint density at radius 1 is 0.946 bits per heavy atom. The number of Topliss-reactive ketones (excluding diaryl/α,β-unsaturated/α-hetero) is 1. The van der Waals surface area contributed by atoms with Crippen LogP contribution in [0.5, 0.6) is 17.2 Å². The molecule has 1 atom stereocenters. The zero-order chi connectivity index (χ0) is 26.7. The van der Waals surface area contributed by atoms with Crippen molar-refractivity contribution in [1.29, 1.82) is 5.26 Å². The first-order chi connectivity index (χ1) is 17.8. The molecule has 1 unspecified atom stereocenters. The molecule has 1 saturated heterocycles. The molecule has 0 radical (unpaired) electrons. The van der Waals surface area contributed by atoms with Crippen LogP contribution in [0.3, 0.4) is 0 Å². The van der Waals surface area contributed by atoms with E-state index in [0.29, 0.717) is 22.6 Å². The van der Waals surface area contributed by atoms with Crippen molar-refractivity contribution in [2.75, 3.05) is 19.1 Å². The number of methoxy groups -OCH3 is 2. The molecule has 37 heavy (non-hydrogen) atoms. The number of carbonyl (C=O) groups excluding carboxylic acids is 3. The van der Waals surface area contributed by atoms with Crippen LogP contribution in [0.4, 0.5) is 5.69 Å². The smallest absolute Gasteiger partial charge is 0.308 e. The fourth-order valence-electron chi connectivity index (χ4n) is 4.13. The lowest BCUT2D eigenvalue weighted by Crippen LogP contribution is -2.29. The maximum atomic E-state index is 13.3. The van der Waals surface area contributed by atoms with Crippen LogP contribution in [0.2, 0.25) is 0 Å². The molecule has 4 rings (SSSR count). The molecule has 1 aliphatic heterocycles. The Morgan fingerprint density at radius 2 is 1.59 bits per heavy atom. The Kier molecular flexibility index (Phi) is 6.93. The Labute approximate surface area is 212 Å². The number of carbonyl (C=O) groups is 3. The van der Waals surface area contributed by atoms with E-state index in [4.69, 9.17) is 19.5 Å². The van der Waals surface area contributed by atoms with Crippen LogP contribution >= 0.6 is 0 Å². The summed E-state index contributed by atoms with van der Waals surface area (Å²) in [6.07, 6.45) is 0. The Hall–Kier alpha value is -5.10. The second-order valence-electron chi connectivity index (χ2n) is 8.06. The van der Waals surface area contributed by atoms with Crippen molar-refractivity contribution in [2.45, 2.75) is 13.0 Å². The molecule has 9 heteroatoms. The molecule has 0 spiro atoms.